The predicted molar refractivity (Wildman–Crippen MR) is 141 cm³/mol. The van der Waals surface area contributed by atoms with Crippen molar-refractivity contribution in [3.63, 3.8) is 0 Å². The van der Waals surface area contributed by atoms with E-state index in [1.807, 2.05) is 23.2 Å². The van der Waals surface area contributed by atoms with Gasteiger partial charge in [0.25, 0.3) is 6.01 Å². The number of anilines is 2. The van der Waals surface area contributed by atoms with Crippen LogP contribution in [0.3, 0.4) is 0 Å². The number of amidine groups is 1. The lowest BCUT2D eigenvalue weighted by Crippen LogP contribution is -2.42. The van der Waals surface area contributed by atoms with Crippen LogP contribution >= 0.6 is 0 Å². The van der Waals surface area contributed by atoms with E-state index in [4.69, 9.17) is 26.0 Å². The lowest BCUT2D eigenvalue weighted by Gasteiger charge is -2.26. The second-order valence-electron chi connectivity index (χ2n) is 9.38. The molecule has 4 N–H and O–H groups in total. The van der Waals surface area contributed by atoms with E-state index in [-0.39, 0.29) is 18.1 Å². The Kier molecular flexibility index (Phi) is 4.66. The van der Waals surface area contributed by atoms with E-state index >= 15 is 0 Å². The first-order valence-electron chi connectivity index (χ1n) is 12.1. The summed E-state index contributed by atoms with van der Waals surface area (Å²) in [7, 11) is 0. The van der Waals surface area contributed by atoms with Gasteiger partial charge in [-0.15, -0.1) is 0 Å². The first-order chi connectivity index (χ1) is 17.6. The highest BCUT2D eigenvalue weighted by Gasteiger charge is 2.42. The number of nitrogen functional groups attached to an aromatic ring is 1. The van der Waals surface area contributed by atoms with Gasteiger partial charge in [-0.1, -0.05) is 24.3 Å². The molecule has 1 saturated heterocycles. The second-order valence-corrected chi connectivity index (χ2v) is 9.38. The summed E-state index contributed by atoms with van der Waals surface area (Å²) >= 11 is 0. The average Bonchev–Trinajstić information content (AvgIpc) is 3.62. The number of fused-ring (bicyclic) bond motifs is 3. The Labute approximate surface area is 207 Å². The van der Waals surface area contributed by atoms with Crippen LogP contribution in [-0.2, 0) is 6.54 Å². The Bertz CT molecular complexity index is 1580. The number of pyridine rings is 1. The first kappa shape index (κ1) is 20.9. The quantitative estimate of drug-likeness (QED) is 0.459. The van der Waals surface area contributed by atoms with Crippen LogP contribution in [0.2, 0.25) is 0 Å². The third-order valence-electron chi connectivity index (χ3n) is 7.08. The summed E-state index contributed by atoms with van der Waals surface area (Å²) < 4.78 is 5.43. The van der Waals surface area contributed by atoms with Crippen LogP contribution in [0.5, 0.6) is 0 Å². The second kappa shape index (κ2) is 8.04. The Morgan fingerprint density at radius 1 is 1.00 bits per heavy atom. The normalized spacial score (nSPS) is 21.3. The maximum Gasteiger partial charge on any atom is 0.292 e. The molecule has 0 radical (unpaired) electrons. The van der Waals surface area contributed by atoms with Crippen molar-refractivity contribution in [3.05, 3.63) is 59.8 Å². The summed E-state index contributed by atoms with van der Waals surface area (Å²) in [6, 6.07) is 16.4. The molecule has 0 bridgehead atoms. The topological polar surface area (TPSA) is 135 Å². The summed E-state index contributed by atoms with van der Waals surface area (Å²) in [5.41, 5.74) is 16.0. The van der Waals surface area contributed by atoms with Gasteiger partial charge in [0.05, 0.1) is 18.0 Å². The fourth-order valence-electron chi connectivity index (χ4n) is 5.40. The minimum absolute atomic E-state index is 0.134. The maximum absolute atomic E-state index is 6.38. The Morgan fingerprint density at radius 3 is 2.75 bits per heavy atom. The molecule has 10 nitrogen and oxygen atoms in total. The van der Waals surface area contributed by atoms with E-state index in [0.717, 1.165) is 35.9 Å². The molecule has 2 atom stereocenters. The molecule has 2 unspecified atom stereocenters. The van der Waals surface area contributed by atoms with Gasteiger partial charge in [0.15, 0.2) is 11.7 Å². The summed E-state index contributed by atoms with van der Waals surface area (Å²) in [4.78, 5) is 20.7. The standard InChI is InChI=1S/C26H25N9O/c27-23-21-22(16-7-8-20-19(12-16)32-26(28)36-20)33-35(25(21)30-14-29-23)13-17-11-15-5-1-2-6-18(15)24(31-17)34-9-3-4-10-34/h1-2,5-8,11-12,14,21,25H,3-4,9-10,13H2,(H2,28,32)(H2,27,29,30). The van der Waals surface area contributed by atoms with Crippen LogP contribution < -0.4 is 16.4 Å². The SMILES string of the molecule is NC1=NC=NC2C1C(c1ccc3oc(N)nc3c1)=NN2Cc1cc2ccccc2c(N2CCCC2)n1. The number of hydrazone groups is 1. The lowest BCUT2D eigenvalue weighted by molar-refractivity contribution is 0.212. The van der Waals surface area contributed by atoms with Crippen molar-refractivity contribution in [2.75, 3.05) is 23.7 Å². The lowest BCUT2D eigenvalue weighted by atomic mass is 9.93. The van der Waals surface area contributed by atoms with Gasteiger partial charge in [0, 0.05) is 24.0 Å². The molecule has 5 heterocycles. The van der Waals surface area contributed by atoms with Gasteiger partial charge < -0.3 is 20.8 Å². The molecule has 180 valence electrons. The molecule has 7 rings (SSSR count). The van der Waals surface area contributed by atoms with Crippen LogP contribution in [0.15, 0.2) is 68.0 Å². The first-order valence-corrected chi connectivity index (χ1v) is 12.1. The zero-order valence-electron chi connectivity index (χ0n) is 19.6. The highest BCUT2D eigenvalue weighted by Crippen LogP contribution is 2.33. The molecule has 0 saturated carbocycles. The van der Waals surface area contributed by atoms with E-state index in [9.17, 15) is 0 Å². The van der Waals surface area contributed by atoms with Crippen molar-refractivity contribution < 1.29 is 4.42 Å². The molecule has 3 aliphatic rings. The van der Waals surface area contributed by atoms with Crippen LogP contribution in [0.4, 0.5) is 11.8 Å². The maximum atomic E-state index is 6.38. The zero-order chi connectivity index (χ0) is 24.2. The molecule has 0 aliphatic carbocycles. The van der Waals surface area contributed by atoms with Gasteiger partial charge in [0.2, 0.25) is 0 Å². The molecule has 0 amide bonds. The van der Waals surface area contributed by atoms with Crippen LogP contribution in [0.25, 0.3) is 21.9 Å². The van der Waals surface area contributed by atoms with Crippen molar-refractivity contribution in [1.82, 2.24) is 15.0 Å². The monoisotopic (exact) mass is 479 g/mol. The summed E-state index contributed by atoms with van der Waals surface area (Å²) in [6.07, 6.45) is 3.61. The van der Waals surface area contributed by atoms with E-state index in [1.165, 1.54) is 30.0 Å². The number of oxazole rings is 1. The van der Waals surface area contributed by atoms with Gasteiger partial charge in [-0.25, -0.2) is 15.0 Å². The largest absolute Gasteiger partial charge is 0.424 e. The van der Waals surface area contributed by atoms with Crippen LogP contribution in [0.1, 0.15) is 24.1 Å². The molecule has 10 heteroatoms. The minimum Gasteiger partial charge on any atom is -0.424 e. The van der Waals surface area contributed by atoms with E-state index in [1.54, 1.807) is 0 Å². The highest BCUT2D eigenvalue weighted by molar-refractivity contribution is 6.17. The summed E-state index contributed by atoms with van der Waals surface area (Å²) in [5, 5.41) is 9.32. The van der Waals surface area contributed by atoms with Crippen LogP contribution in [0, 0.1) is 5.92 Å². The number of benzene rings is 2. The number of aliphatic imine (C=N–C) groups is 2. The fourth-order valence-corrected chi connectivity index (χ4v) is 5.40. The number of nitrogens with zero attached hydrogens (tertiary/aromatic N) is 7. The Morgan fingerprint density at radius 2 is 1.86 bits per heavy atom. The number of rotatable bonds is 4. The number of aromatic nitrogens is 2. The van der Waals surface area contributed by atoms with E-state index in [2.05, 4.69) is 50.2 Å². The molecule has 4 aromatic rings. The number of nitrogens with two attached hydrogens (primary N) is 2. The van der Waals surface area contributed by atoms with Crippen molar-refractivity contribution >= 4 is 51.6 Å². The Hall–Kier alpha value is -4.47. The van der Waals surface area contributed by atoms with Crippen LogP contribution in [-0.4, -0.2) is 52.1 Å². The van der Waals surface area contributed by atoms with Gasteiger partial charge in [-0.3, -0.25) is 5.01 Å². The van der Waals surface area contributed by atoms with Crippen molar-refractivity contribution in [2.45, 2.75) is 25.6 Å². The van der Waals surface area contributed by atoms with E-state index in [0.29, 0.717) is 23.5 Å². The summed E-state index contributed by atoms with van der Waals surface area (Å²) in [6.45, 7) is 2.56. The molecule has 36 heavy (non-hydrogen) atoms. The highest BCUT2D eigenvalue weighted by atomic mass is 16.4. The van der Waals surface area contributed by atoms with E-state index < -0.39 is 0 Å². The van der Waals surface area contributed by atoms with Crippen molar-refractivity contribution in [2.24, 2.45) is 26.7 Å². The van der Waals surface area contributed by atoms with Gasteiger partial charge in [-0.05, 0) is 42.5 Å². The molecular formula is C26H25N9O. The molecule has 0 spiro atoms. The summed E-state index contributed by atoms with van der Waals surface area (Å²) in [5.74, 6) is 1.26. The third-order valence-corrected chi connectivity index (χ3v) is 7.08. The molecule has 2 aromatic carbocycles. The zero-order valence-corrected chi connectivity index (χ0v) is 19.6. The number of hydrogen-bond acceptors (Lipinski definition) is 10. The number of hydrogen-bond donors (Lipinski definition) is 2. The molecular weight excluding hydrogens is 454 g/mol. The van der Waals surface area contributed by atoms with Gasteiger partial charge >= 0.3 is 0 Å². The fraction of sp³-hybridized carbons (Fsp3) is 0.269. The van der Waals surface area contributed by atoms with Gasteiger partial charge in [0.1, 0.15) is 29.4 Å². The van der Waals surface area contributed by atoms with Crippen molar-refractivity contribution in [1.29, 1.82) is 0 Å². The molecule has 3 aliphatic heterocycles. The molecule has 2 aromatic heterocycles. The Balaban J connectivity index is 1.29. The average molecular weight is 480 g/mol. The molecule has 1 fully saturated rings. The van der Waals surface area contributed by atoms with Crippen molar-refractivity contribution in [3.8, 4) is 0 Å². The van der Waals surface area contributed by atoms with Gasteiger partial charge in [-0.2, -0.15) is 10.1 Å². The minimum atomic E-state index is -0.293. The smallest absolute Gasteiger partial charge is 0.292 e. The third kappa shape index (κ3) is 3.36. The predicted octanol–water partition coefficient (Wildman–Crippen LogP) is 3.12.